The van der Waals surface area contributed by atoms with Gasteiger partial charge in [0.05, 0.1) is 29.6 Å². The lowest BCUT2D eigenvalue weighted by Crippen LogP contribution is -2.16. The van der Waals surface area contributed by atoms with E-state index in [-0.39, 0.29) is 0 Å². The number of aryl methyl sites for hydroxylation is 2. The van der Waals surface area contributed by atoms with E-state index >= 15 is 0 Å². The van der Waals surface area contributed by atoms with E-state index in [9.17, 15) is 0 Å². The number of hydrogen-bond acceptors (Lipinski definition) is 3. The van der Waals surface area contributed by atoms with Crippen LogP contribution in [0.1, 0.15) is 36.0 Å². The third-order valence-electron chi connectivity index (χ3n) is 3.54. The Balaban J connectivity index is 2.03. The maximum absolute atomic E-state index is 4.53. The molecule has 1 saturated heterocycles. The van der Waals surface area contributed by atoms with E-state index in [0.717, 1.165) is 23.6 Å². The number of nitrogens with zero attached hydrogens (tertiary/aromatic N) is 3. The topological polar surface area (TPSA) is 42.7 Å². The molecule has 18 heavy (non-hydrogen) atoms. The van der Waals surface area contributed by atoms with Crippen molar-refractivity contribution in [3.05, 3.63) is 41.7 Å². The van der Waals surface area contributed by atoms with Crippen molar-refractivity contribution in [1.82, 2.24) is 19.9 Å². The quantitative estimate of drug-likeness (QED) is 0.878. The van der Waals surface area contributed by atoms with Crippen LogP contribution in [0.25, 0.3) is 5.69 Å². The van der Waals surface area contributed by atoms with E-state index < -0.39 is 0 Å². The molecule has 0 amide bonds. The molecule has 2 aromatic rings. The molecule has 1 fully saturated rings. The minimum Gasteiger partial charge on any atom is -0.309 e. The number of pyridine rings is 1. The normalized spacial score (nSPS) is 19.3. The second-order valence-corrected chi connectivity index (χ2v) is 4.89. The molecule has 1 unspecified atom stereocenters. The van der Waals surface area contributed by atoms with Gasteiger partial charge in [0.15, 0.2) is 0 Å². The summed E-state index contributed by atoms with van der Waals surface area (Å²) >= 11 is 0. The molecule has 1 aliphatic heterocycles. The molecule has 0 aliphatic carbocycles. The fraction of sp³-hybridized carbons (Fsp3) is 0.429. The van der Waals surface area contributed by atoms with Crippen molar-refractivity contribution < 1.29 is 0 Å². The predicted octanol–water partition coefficient (Wildman–Crippen LogP) is 2.31. The first-order valence-corrected chi connectivity index (χ1v) is 6.46. The summed E-state index contributed by atoms with van der Waals surface area (Å²) in [5.41, 5.74) is 4.47. The zero-order valence-corrected chi connectivity index (χ0v) is 10.8. The summed E-state index contributed by atoms with van der Waals surface area (Å²) in [5, 5.41) is 3.52. The first kappa shape index (κ1) is 11.4. The smallest absolute Gasteiger partial charge is 0.0995 e. The van der Waals surface area contributed by atoms with Crippen molar-refractivity contribution in [1.29, 1.82) is 0 Å². The lowest BCUT2D eigenvalue weighted by atomic mass is 10.1. The largest absolute Gasteiger partial charge is 0.309 e. The number of hydrogen-bond donors (Lipinski definition) is 1. The number of imidazole rings is 1. The van der Waals surface area contributed by atoms with Gasteiger partial charge >= 0.3 is 0 Å². The Bertz CT molecular complexity index is 553. The van der Waals surface area contributed by atoms with E-state index in [1.807, 2.05) is 32.4 Å². The first-order valence-electron chi connectivity index (χ1n) is 6.46. The summed E-state index contributed by atoms with van der Waals surface area (Å²) in [7, 11) is 0. The van der Waals surface area contributed by atoms with Gasteiger partial charge in [0, 0.05) is 11.7 Å². The van der Waals surface area contributed by atoms with Crippen molar-refractivity contribution in [3.63, 3.8) is 0 Å². The molecule has 0 aromatic carbocycles. The number of aromatic nitrogens is 3. The van der Waals surface area contributed by atoms with Crippen LogP contribution in [0.15, 0.2) is 24.7 Å². The minimum atomic E-state index is 0.424. The molecule has 4 nitrogen and oxygen atoms in total. The molecular weight excluding hydrogens is 224 g/mol. The van der Waals surface area contributed by atoms with E-state index in [0.29, 0.717) is 6.04 Å². The second-order valence-electron chi connectivity index (χ2n) is 4.89. The second kappa shape index (κ2) is 4.53. The lowest BCUT2D eigenvalue weighted by Gasteiger charge is -2.15. The molecule has 1 aliphatic rings. The van der Waals surface area contributed by atoms with Crippen LogP contribution in [-0.4, -0.2) is 21.1 Å². The van der Waals surface area contributed by atoms with Gasteiger partial charge < -0.3 is 5.32 Å². The van der Waals surface area contributed by atoms with E-state index in [1.165, 1.54) is 18.5 Å². The Labute approximate surface area is 107 Å². The monoisotopic (exact) mass is 242 g/mol. The molecule has 0 bridgehead atoms. The highest BCUT2D eigenvalue weighted by molar-refractivity contribution is 5.39. The summed E-state index contributed by atoms with van der Waals surface area (Å²) in [6, 6.07) is 4.60. The SMILES string of the molecule is Cc1ccc(-n2cncc2C2CCCN2)c(C)n1. The summed E-state index contributed by atoms with van der Waals surface area (Å²) < 4.78 is 2.16. The van der Waals surface area contributed by atoms with E-state index in [4.69, 9.17) is 0 Å². The van der Waals surface area contributed by atoms with Crippen LogP contribution in [0.2, 0.25) is 0 Å². The molecule has 3 rings (SSSR count). The molecule has 1 N–H and O–H groups in total. The summed E-state index contributed by atoms with van der Waals surface area (Å²) in [4.78, 5) is 8.83. The zero-order valence-electron chi connectivity index (χ0n) is 10.8. The number of nitrogens with one attached hydrogen (secondary N) is 1. The predicted molar refractivity (Wildman–Crippen MR) is 70.8 cm³/mol. The third-order valence-corrected chi connectivity index (χ3v) is 3.54. The molecule has 0 spiro atoms. The lowest BCUT2D eigenvalue weighted by molar-refractivity contribution is 0.614. The third kappa shape index (κ3) is 1.93. The van der Waals surface area contributed by atoms with Crippen LogP contribution in [0.3, 0.4) is 0 Å². The average molecular weight is 242 g/mol. The van der Waals surface area contributed by atoms with Gasteiger partial charge in [0.25, 0.3) is 0 Å². The molecule has 2 aromatic heterocycles. The average Bonchev–Trinajstić information content (AvgIpc) is 2.98. The Morgan fingerprint density at radius 1 is 1.33 bits per heavy atom. The highest BCUT2D eigenvalue weighted by Gasteiger charge is 2.20. The van der Waals surface area contributed by atoms with E-state index in [2.05, 4.69) is 25.9 Å². The fourth-order valence-corrected chi connectivity index (χ4v) is 2.64. The molecule has 1 atom stereocenters. The van der Waals surface area contributed by atoms with Crippen molar-refractivity contribution in [2.75, 3.05) is 6.54 Å². The van der Waals surface area contributed by atoms with Crippen LogP contribution in [0.4, 0.5) is 0 Å². The first-order chi connectivity index (χ1) is 8.75. The Hall–Kier alpha value is -1.68. The molecule has 0 radical (unpaired) electrons. The van der Waals surface area contributed by atoms with Gasteiger partial charge in [0.2, 0.25) is 0 Å². The summed E-state index contributed by atoms with van der Waals surface area (Å²) in [5.74, 6) is 0. The Morgan fingerprint density at radius 2 is 2.22 bits per heavy atom. The zero-order chi connectivity index (χ0) is 12.5. The molecule has 0 saturated carbocycles. The van der Waals surface area contributed by atoms with Crippen molar-refractivity contribution in [2.45, 2.75) is 32.7 Å². The Kier molecular flexibility index (Phi) is 2.88. The summed E-state index contributed by atoms with van der Waals surface area (Å²) in [6.45, 7) is 5.17. The highest BCUT2D eigenvalue weighted by Crippen LogP contribution is 2.25. The van der Waals surface area contributed by atoms with Gasteiger partial charge in [-0.05, 0) is 45.4 Å². The van der Waals surface area contributed by atoms with Crippen LogP contribution in [0.5, 0.6) is 0 Å². The molecule has 3 heterocycles. The van der Waals surface area contributed by atoms with Gasteiger partial charge in [-0.2, -0.15) is 0 Å². The summed E-state index contributed by atoms with van der Waals surface area (Å²) in [6.07, 6.45) is 6.27. The molecule has 94 valence electrons. The van der Waals surface area contributed by atoms with Crippen LogP contribution in [-0.2, 0) is 0 Å². The van der Waals surface area contributed by atoms with Crippen molar-refractivity contribution >= 4 is 0 Å². The van der Waals surface area contributed by atoms with Crippen molar-refractivity contribution in [3.8, 4) is 5.69 Å². The van der Waals surface area contributed by atoms with Gasteiger partial charge in [0.1, 0.15) is 0 Å². The van der Waals surface area contributed by atoms with Gasteiger partial charge in [-0.1, -0.05) is 0 Å². The Morgan fingerprint density at radius 3 is 2.94 bits per heavy atom. The number of rotatable bonds is 2. The fourth-order valence-electron chi connectivity index (χ4n) is 2.64. The standard InChI is InChI=1S/C14H18N4/c1-10-5-6-13(11(2)17-10)18-9-15-8-14(18)12-4-3-7-16-12/h5-6,8-9,12,16H,3-4,7H2,1-2H3. The van der Waals surface area contributed by atoms with Crippen LogP contribution < -0.4 is 5.32 Å². The van der Waals surface area contributed by atoms with Crippen LogP contribution in [0, 0.1) is 13.8 Å². The minimum absolute atomic E-state index is 0.424. The van der Waals surface area contributed by atoms with Gasteiger partial charge in [-0.25, -0.2) is 4.98 Å². The van der Waals surface area contributed by atoms with Gasteiger partial charge in [-0.3, -0.25) is 9.55 Å². The van der Waals surface area contributed by atoms with Crippen LogP contribution >= 0.6 is 0 Å². The van der Waals surface area contributed by atoms with Gasteiger partial charge in [-0.15, -0.1) is 0 Å². The van der Waals surface area contributed by atoms with E-state index in [1.54, 1.807) is 0 Å². The van der Waals surface area contributed by atoms with Crippen molar-refractivity contribution in [2.24, 2.45) is 0 Å². The molecular formula is C14H18N4. The highest BCUT2D eigenvalue weighted by atomic mass is 15.1. The maximum atomic E-state index is 4.53. The maximum Gasteiger partial charge on any atom is 0.0995 e. The molecule has 4 heteroatoms.